The van der Waals surface area contributed by atoms with E-state index < -0.39 is 12.3 Å². The van der Waals surface area contributed by atoms with Crippen LogP contribution in [0.25, 0.3) is 0 Å². The molecule has 0 aliphatic carbocycles. The van der Waals surface area contributed by atoms with Crippen LogP contribution in [0.4, 0.5) is 14.7 Å². The maximum Gasteiger partial charge on any atom is 0.252 e. The van der Waals surface area contributed by atoms with Crippen molar-refractivity contribution in [3.05, 3.63) is 10.6 Å². The summed E-state index contributed by atoms with van der Waals surface area (Å²) in [5.74, 6) is -2.79. The molecule has 0 radical (unpaired) electrons. The Bertz CT molecular complexity index is 356. The first kappa shape index (κ1) is 9.97. The van der Waals surface area contributed by atoms with Gasteiger partial charge >= 0.3 is 0 Å². The zero-order chi connectivity index (χ0) is 10.1. The van der Waals surface area contributed by atoms with E-state index in [0.29, 0.717) is 0 Å². The van der Waals surface area contributed by atoms with E-state index >= 15 is 0 Å². The van der Waals surface area contributed by atoms with Crippen molar-refractivity contribution in [2.24, 2.45) is 0 Å². The highest BCUT2D eigenvalue weighted by Gasteiger charge is 2.23. The van der Waals surface area contributed by atoms with Crippen molar-refractivity contribution < 1.29 is 8.78 Å². The molecule has 0 aliphatic rings. The molecule has 0 fully saturated rings. The summed E-state index contributed by atoms with van der Waals surface area (Å²) in [7, 11) is 0. The van der Waals surface area contributed by atoms with Crippen LogP contribution in [-0.4, -0.2) is 20.9 Å². The van der Waals surface area contributed by atoms with Crippen molar-refractivity contribution in [3.8, 4) is 0 Å². The van der Waals surface area contributed by atoms with Crippen LogP contribution in [0, 0.1) is 4.77 Å². The Labute approximate surface area is 78.2 Å². The molecule has 0 saturated carbocycles. The van der Waals surface area contributed by atoms with Gasteiger partial charge < -0.3 is 10.7 Å². The standard InChI is InChI=1S/C6H8F2N4S/c1-6(7,8)2-3-10-4(9)12-5(13)11-3/h2H2,1H3,(H3,9,10,11,12,13). The molecule has 72 valence electrons. The first-order chi connectivity index (χ1) is 5.87. The van der Waals surface area contributed by atoms with Gasteiger partial charge in [-0.1, -0.05) is 0 Å². The van der Waals surface area contributed by atoms with E-state index in [2.05, 4.69) is 27.2 Å². The third-order valence-corrected chi connectivity index (χ3v) is 1.38. The molecule has 3 N–H and O–H groups in total. The predicted molar refractivity (Wildman–Crippen MR) is 46.0 cm³/mol. The van der Waals surface area contributed by atoms with Gasteiger partial charge in [0.25, 0.3) is 5.92 Å². The highest BCUT2D eigenvalue weighted by atomic mass is 32.1. The molecule has 4 nitrogen and oxygen atoms in total. The van der Waals surface area contributed by atoms with Crippen LogP contribution in [0.3, 0.4) is 0 Å². The van der Waals surface area contributed by atoms with Crippen LogP contribution in [-0.2, 0) is 6.42 Å². The summed E-state index contributed by atoms with van der Waals surface area (Å²) >= 11 is 4.61. The number of nitrogen functional groups attached to an aromatic ring is 1. The van der Waals surface area contributed by atoms with Crippen molar-refractivity contribution in [1.29, 1.82) is 0 Å². The fraction of sp³-hybridized carbons (Fsp3) is 0.500. The zero-order valence-electron chi connectivity index (χ0n) is 6.84. The number of alkyl halides is 2. The number of H-pyrrole nitrogens is 1. The number of aromatic amines is 1. The van der Waals surface area contributed by atoms with Crippen molar-refractivity contribution in [2.75, 3.05) is 5.73 Å². The second-order valence-electron chi connectivity index (χ2n) is 2.71. The molecule has 0 spiro atoms. The molecule has 1 heterocycles. The number of nitrogens with two attached hydrogens (primary N) is 1. The Balaban J connectivity index is 2.96. The summed E-state index contributed by atoms with van der Waals surface area (Å²) in [5.41, 5.74) is 5.26. The molecular formula is C6H8F2N4S. The largest absolute Gasteiger partial charge is 0.369 e. The highest BCUT2D eigenvalue weighted by Crippen LogP contribution is 2.16. The summed E-state index contributed by atoms with van der Waals surface area (Å²) in [6.07, 6.45) is -0.524. The summed E-state index contributed by atoms with van der Waals surface area (Å²) in [5, 5.41) is 0. The minimum Gasteiger partial charge on any atom is -0.369 e. The Morgan fingerprint density at radius 1 is 1.54 bits per heavy atom. The number of anilines is 1. The Kier molecular flexibility index (Phi) is 2.55. The summed E-state index contributed by atoms with van der Waals surface area (Å²) in [6.45, 7) is 0.794. The smallest absolute Gasteiger partial charge is 0.252 e. The topological polar surface area (TPSA) is 67.6 Å². The molecule has 0 unspecified atom stereocenters. The maximum atomic E-state index is 12.5. The van der Waals surface area contributed by atoms with E-state index in [-0.39, 0.29) is 16.5 Å². The third kappa shape index (κ3) is 3.41. The van der Waals surface area contributed by atoms with E-state index in [1.807, 2.05) is 0 Å². The number of hydrogen-bond acceptors (Lipinski definition) is 4. The molecule has 0 atom stereocenters. The first-order valence-electron chi connectivity index (χ1n) is 3.47. The second-order valence-corrected chi connectivity index (χ2v) is 3.08. The van der Waals surface area contributed by atoms with Gasteiger partial charge in [0, 0.05) is 0 Å². The molecule has 7 heteroatoms. The lowest BCUT2D eigenvalue weighted by atomic mass is 10.2. The predicted octanol–water partition coefficient (Wildman–Crippen LogP) is 1.31. The fourth-order valence-electron chi connectivity index (χ4n) is 0.825. The van der Waals surface area contributed by atoms with Crippen molar-refractivity contribution in [3.63, 3.8) is 0 Å². The quantitative estimate of drug-likeness (QED) is 0.716. The van der Waals surface area contributed by atoms with Crippen molar-refractivity contribution in [2.45, 2.75) is 19.3 Å². The number of halogens is 2. The molecular weight excluding hydrogens is 198 g/mol. The van der Waals surface area contributed by atoms with Gasteiger partial charge in [-0.05, 0) is 19.1 Å². The lowest BCUT2D eigenvalue weighted by Crippen LogP contribution is -2.17. The minimum atomic E-state index is -2.83. The second kappa shape index (κ2) is 3.33. The molecule has 0 aromatic carbocycles. The van der Waals surface area contributed by atoms with E-state index in [0.717, 1.165) is 6.92 Å². The van der Waals surface area contributed by atoms with Gasteiger partial charge in [-0.2, -0.15) is 4.98 Å². The fourth-order valence-corrected chi connectivity index (χ4v) is 1.03. The minimum absolute atomic E-state index is 0.000694. The van der Waals surface area contributed by atoms with Gasteiger partial charge in [0.05, 0.1) is 6.42 Å². The molecule has 1 aromatic heterocycles. The average Bonchev–Trinajstić information content (AvgIpc) is 1.78. The van der Waals surface area contributed by atoms with Gasteiger partial charge in [-0.15, -0.1) is 0 Å². The van der Waals surface area contributed by atoms with Gasteiger partial charge in [-0.3, -0.25) is 0 Å². The van der Waals surface area contributed by atoms with Crippen LogP contribution in [0.5, 0.6) is 0 Å². The number of nitrogens with zero attached hydrogens (tertiary/aromatic N) is 2. The molecule has 0 saturated heterocycles. The molecule has 0 aliphatic heterocycles. The van der Waals surface area contributed by atoms with Gasteiger partial charge in [0.15, 0.2) is 0 Å². The monoisotopic (exact) mass is 206 g/mol. The molecule has 0 amide bonds. The van der Waals surface area contributed by atoms with Crippen LogP contribution in [0.15, 0.2) is 0 Å². The van der Waals surface area contributed by atoms with Gasteiger partial charge in [0.1, 0.15) is 5.82 Å². The molecule has 13 heavy (non-hydrogen) atoms. The number of aromatic nitrogens is 3. The summed E-state index contributed by atoms with van der Waals surface area (Å²) in [4.78, 5) is 9.57. The summed E-state index contributed by atoms with van der Waals surface area (Å²) < 4.78 is 25.0. The van der Waals surface area contributed by atoms with Crippen LogP contribution < -0.4 is 5.73 Å². The third-order valence-electron chi connectivity index (χ3n) is 1.20. The Morgan fingerprint density at radius 3 is 2.62 bits per heavy atom. The number of rotatable bonds is 2. The maximum absolute atomic E-state index is 12.5. The lowest BCUT2D eigenvalue weighted by Gasteiger charge is -2.08. The van der Waals surface area contributed by atoms with Gasteiger partial charge in [-0.25, -0.2) is 13.8 Å². The van der Waals surface area contributed by atoms with E-state index in [1.54, 1.807) is 0 Å². The van der Waals surface area contributed by atoms with E-state index in [9.17, 15) is 8.78 Å². The highest BCUT2D eigenvalue weighted by molar-refractivity contribution is 7.71. The summed E-state index contributed by atoms with van der Waals surface area (Å²) in [6, 6.07) is 0. The Hall–Kier alpha value is -1.11. The number of nitrogens with one attached hydrogen (secondary N) is 1. The van der Waals surface area contributed by atoms with Gasteiger partial charge in [0.2, 0.25) is 10.7 Å². The average molecular weight is 206 g/mol. The molecule has 1 aromatic rings. The Morgan fingerprint density at radius 2 is 2.15 bits per heavy atom. The van der Waals surface area contributed by atoms with E-state index in [4.69, 9.17) is 5.73 Å². The number of hydrogen-bond donors (Lipinski definition) is 2. The van der Waals surface area contributed by atoms with Crippen LogP contribution in [0.1, 0.15) is 12.7 Å². The van der Waals surface area contributed by atoms with Crippen LogP contribution in [0.2, 0.25) is 0 Å². The SMILES string of the molecule is CC(F)(F)Cc1nc(=S)nc(N)[nH]1. The molecule has 1 rings (SSSR count). The zero-order valence-corrected chi connectivity index (χ0v) is 7.66. The lowest BCUT2D eigenvalue weighted by molar-refractivity contribution is 0.0205. The van der Waals surface area contributed by atoms with Crippen molar-refractivity contribution in [1.82, 2.24) is 15.0 Å². The van der Waals surface area contributed by atoms with Crippen LogP contribution >= 0.6 is 12.2 Å². The normalized spacial score (nSPS) is 11.6. The molecule has 0 bridgehead atoms. The van der Waals surface area contributed by atoms with Crippen molar-refractivity contribution >= 4 is 18.2 Å². The first-order valence-corrected chi connectivity index (χ1v) is 3.88. The van der Waals surface area contributed by atoms with E-state index in [1.165, 1.54) is 0 Å².